The lowest BCUT2D eigenvalue weighted by Crippen LogP contribution is -2.08. The summed E-state index contributed by atoms with van der Waals surface area (Å²) in [6, 6.07) is 19.1. The number of carbonyl (C=O) groups is 1. The third-order valence-corrected chi connectivity index (χ3v) is 3.36. The summed E-state index contributed by atoms with van der Waals surface area (Å²) in [6.45, 7) is 0.571. The fraction of sp³-hybridized carbons (Fsp3) is 0.0556. The first-order chi connectivity index (χ1) is 11.2. The Hall–Kier alpha value is -3.21. The first-order valence-electron chi connectivity index (χ1n) is 7.17. The number of nitrogens with zero attached hydrogens (tertiary/aromatic N) is 2. The molecule has 5 nitrogen and oxygen atoms in total. The predicted molar refractivity (Wildman–Crippen MR) is 88.2 cm³/mol. The van der Waals surface area contributed by atoms with E-state index in [1.165, 1.54) is 6.20 Å². The summed E-state index contributed by atoms with van der Waals surface area (Å²) >= 11 is 0. The molecule has 2 aromatic carbocycles. The van der Waals surface area contributed by atoms with Gasteiger partial charge < -0.3 is 10.4 Å². The lowest BCUT2D eigenvalue weighted by molar-refractivity contribution is 0.0697. The van der Waals surface area contributed by atoms with E-state index in [2.05, 4.69) is 15.3 Å². The average Bonchev–Trinajstić information content (AvgIpc) is 2.61. The highest BCUT2D eigenvalue weighted by atomic mass is 16.4. The molecule has 0 fully saturated rings. The molecule has 23 heavy (non-hydrogen) atoms. The number of aromatic nitrogens is 2. The number of anilines is 1. The van der Waals surface area contributed by atoms with Gasteiger partial charge in [-0.15, -0.1) is 0 Å². The third kappa shape index (κ3) is 3.52. The van der Waals surface area contributed by atoms with Crippen LogP contribution in [-0.4, -0.2) is 21.0 Å². The van der Waals surface area contributed by atoms with Crippen LogP contribution < -0.4 is 5.32 Å². The Kier molecular flexibility index (Phi) is 4.29. The third-order valence-electron chi connectivity index (χ3n) is 3.36. The molecule has 114 valence electrons. The van der Waals surface area contributed by atoms with Crippen LogP contribution in [0.15, 0.2) is 66.9 Å². The van der Waals surface area contributed by atoms with Crippen molar-refractivity contribution in [3.8, 4) is 11.3 Å². The lowest BCUT2D eigenvalue weighted by atomic mass is 10.1. The van der Waals surface area contributed by atoms with Crippen molar-refractivity contribution in [3.05, 3.63) is 78.0 Å². The van der Waals surface area contributed by atoms with Gasteiger partial charge in [-0.05, 0) is 5.56 Å². The predicted octanol–water partition coefficient (Wildman–Crippen LogP) is 3.45. The van der Waals surface area contributed by atoms with Gasteiger partial charge in [0.1, 0.15) is 5.56 Å². The molecule has 3 rings (SSSR count). The zero-order chi connectivity index (χ0) is 16.1. The number of hydrogen-bond donors (Lipinski definition) is 2. The van der Waals surface area contributed by atoms with E-state index in [-0.39, 0.29) is 5.56 Å². The van der Waals surface area contributed by atoms with E-state index < -0.39 is 5.97 Å². The summed E-state index contributed by atoms with van der Waals surface area (Å²) < 4.78 is 0. The summed E-state index contributed by atoms with van der Waals surface area (Å²) in [5.41, 5.74) is 2.33. The summed E-state index contributed by atoms with van der Waals surface area (Å²) in [7, 11) is 0. The van der Waals surface area contributed by atoms with Crippen LogP contribution in [0.2, 0.25) is 0 Å². The topological polar surface area (TPSA) is 75.1 Å². The maximum atomic E-state index is 11.4. The normalized spacial score (nSPS) is 10.3. The Morgan fingerprint density at radius 1 is 1.00 bits per heavy atom. The zero-order valence-electron chi connectivity index (χ0n) is 12.3. The molecule has 3 aromatic rings. The van der Waals surface area contributed by atoms with Crippen LogP contribution >= 0.6 is 0 Å². The number of carboxylic acid groups (broad SMARTS) is 1. The van der Waals surface area contributed by atoms with Gasteiger partial charge in [-0.2, -0.15) is 0 Å². The second-order valence-electron chi connectivity index (χ2n) is 4.97. The van der Waals surface area contributed by atoms with Gasteiger partial charge in [-0.1, -0.05) is 60.7 Å². The van der Waals surface area contributed by atoms with E-state index in [9.17, 15) is 9.90 Å². The number of benzene rings is 2. The number of carboxylic acids is 1. The van der Waals surface area contributed by atoms with Crippen LogP contribution in [-0.2, 0) is 6.54 Å². The van der Waals surface area contributed by atoms with E-state index in [0.29, 0.717) is 18.2 Å². The summed E-state index contributed by atoms with van der Waals surface area (Å²) in [6.07, 6.45) is 1.34. The fourth-order valence-electron chi connectivity index (χ4n) is 2.22. The van der Waals surface area contributed by atoms with Gasteiger partial charge in [0.25, 0.3) is 0 Å². The number of nitrogens with one attached hydrogen (secondary N) is 1. The van der Waals surface area contributed by atoms with Gasteiger partial charge in [0.05, 0.1) is 5.69 Å². The number of hydrogen-bond acceptors (Lipinski definition) is 4. The highest BCUT2D eigenvalue weighted by Crippen LogP contribution is 2.22. The number of aromatic carboxylic acids is 1. The maximum absolute atomic E-state index is 11.4. The van der Waals surface area contributed by atoms with Crippen molar-refractivity contribution in [1.82, 2.24) is 9.97 Å². The van der Waals surface area contributed by atoms with E-state index in [4.69, 9.17) is 0 Å². The molecule has 0 saturated heterocycles. The molecule has 0 saturated carbocycles. The minimum absolute atomic E-state index is 0.0847. The largest absolute Gasteiger partial charge is 0.478 e. The van der Waals surface area contributed by atoms with Crippen molar-refractivity contribution in [1.29, 1.82) is 0 Å². The molecule has 5 heteroatoms. The van der Waals surface area contributed by atoms with E-state index in [1.54, 1.807) is 0 Å². The molecule has 0 radical (unpaired) electrons. The van der Waals surface area contributed by atoms with Crippen LogP contribution in [0, 0.1) is 0 Å². The fourth-order valence-corrected chi connectivity index (χ4v) is 2.22. The summed E-state index contributed by atoms with van der Waals surface area (Å²) in [4.78, 5) is 19.9. The molecule has 0 aliphatic rings. The van der Waals surface area contributed by atoms with Crippen molar-refractivity contribution in [2.24, 2.45) is 0 Å². The number of rotatable bonds is 5. The van der Waals surface area contributed by atoms with Crippen LogP contribution in [0.4, 0.5) is 5.95 Å². The zero-order valence-corrected chi connectivity index (χ0v) is 12.3. The molecular weight excluding hydrogens is 290 g/mol. The molecule has 0 bridgehead atoms. The maximum Gasteiger partial charge on any atom is 0.339 e. The molecule has 0 amide bonds. The Balaban J connectivity index is 1.90. The van der Waals surface area contributed by atoms with Crippen molar-refractivity contribution in [2.75, 3.05) is 5.32 Å². The van der Waals surface area contributed by atoms with Gasteiger partial charge in [-0.25, -0.2) is 14.8 Å². The second kappa shape index (κ2) is 6.70. The van der Waals surface area contributed by atoms with Crippen molar-refractivity contribution < 1.29 is 9.90 Å². The van der Waals surface area contributed by atoms with Crippen LogP contribution in [0.5, 0.6) is 0 Å². The van der Waals surface area contributed by atoms with E-state index in [1.807, 2.05) is 60.7 Å². The molecule has 1 aromatic heterocycles. The van der Waals surface area contributed by atoms with Gasteiger partial charge in [0.2, 0.25) is 5.95 Å². The highest BCUT2D eigenvalue weighted by molar-refractivity contribution is 5.94. The second-order valence-corrected chi connectivity index (χ2v) is 4.97. The molecule has 0 aliphatic carbocycles. The average molecular weight is 305 g/mol. The van der Waals surface area contributed by atoms with Crippen LogP contribution in [0.3, 0.4) is 0 Å². The molecular formula is C18H15N3O2. The van der Waals surface area contributed by atoms with Gasteiger partial charge in [0.15, 0.2) is 0 Å². The quantitative estimate of drug-likeness (QED) is 0.755. The van der Waals surface area contributed by atoms with Crippen LogP contribution in [0.1, 0.15) is 15.9 Å². The first kappa shape index (κ1) is 14.7. The first-order valence-corrected chi connectivity index (χ1v) is 7.17. The SMILES string of the molecule is O=C(O)c1cnc(NCc2ccccc2)nc1-c1ccccc1. The Morgan fingerprint density at radius 2 is 1.65 bits per heavy atom. The van der Waals surface area contributed by atoms with Crippen LogP contribution in [0.25, 0.3) is 11.3 Å². The van der Waals surface area contributed by atoms with E-state index in [0.717, 1.165) is 11.1 Å². The van der Waals surface area contributed by atoms with Gasteiger partial charge >= 0.3 is 5.97 Å². The highest BCUT2D eigenvalue weighted by Gasteiger charge is 2.15. The Morgan fingerprint density at radius 3 is 2.30 bits per heavy atom. The summed E-state index contributed by atoms with van der Waals surface area (Å²) in [5, 5.41) is 12.4. The molecule has 0 atom stereocenters. The van der Waals surface area contributed by atoms with Crippen molar-refractivity contribution in [2.45, 2.75) is 6.54 Å². The summed E-state index contributed by atoms with van der Waals surface area (Å²) in [5.74, 6) is -0.642. The monoisotopic (exact) mass is 305 g/mol. The molecule has 0 spiro atoms. The Labute approximate surface area is 133 Å². The van der Waals surface area contributed by atoms with Gasteiger partial charge in [-0.3, -0.25) is 0 Å². The molecule has 0 aliphatic heterocycles. The lowest BCUT2D eigenvalue weighted by Gasteiger charge is -2.09. The van der Waals surface area contributed by atoms with Crippen molar-refractivity contribution >= 4 is 11.9 Å². The molecule has 1 heterocycles. The van der Waals surface area contributed by atoms with Crippen molar-refractivity contribution in [3.63, 3.8) is 0 Å². The van der Waals surface area contributed by atoms with Gasteiger partial charge in [0, 0.05) is 18.3 Å². The minimum atomic E-state index is -1.04. The smallest absolute Gasteiger partial charge is 0.339 e. The molecule has 2 N–H and O–H groups in total. The standard InChI is InChI=1S/C18H15N3O2/c22-17(23)15-12-20-18(19-11-13-7-3-1-4-8-13)21-16(15)14-9-5-2-6-10-14/h1-10,12H,11H2,(H,22,23)(H,19,20,21). The minimum Gasteiger partial charge on any atom is -0.478 e. The molecule has 0 unspecified atom stereocenters. The Bertz CT molecular complexity index is 805. The van der Waals surface area contributed by atoms with E-state index >= 15 is 0 Å².